The lowest BCUT2D eigenvalue weighted by Crippen LogP contribution is -2.34. The van der Waals surface area contributed by atoms with Crippen LogP contribution in [0.5, 0.6) is 0 Å². The van der Waals surface area contributed by atoms with Crippen molar-refractivity contribution >= 4 is 23.5 Å². The van der Waals surface area contributed by atoms with Gasteiger partial charge in [-0.2, -0.15) is 0 Å². The second-order valence-corrected chi connectivity index (χ2v) is 5.39. The van der Waals surface area contributed by atoms with E-state index < -0.39 is 5.41 Å². The van der Waals surface area contributed by atoms with Gasteiger partial charge >= 0.3 is 5.97 Å². The van der Waals surface area contributed by atoms with E-state index in [1.165, 1.54) is 7.11 Å². The zero-order valence-corrected chi connectivity index (χ0v) is 12.9. The summed E-state index contributed by atoms with van der Waals surface area (Å²) >= 11 is 5.83. The lowest BCUT2D eigenvalue weighted by Gasteiger charge is -2.24. The fourth-order valence-electron chi connectivity index (χ4n) is 1.92. The zero-order chi connectivity index (χ0) is 15.9. The molecule has 112 valence electrons. The smallest absolute Gasteiger partial charge is 0.312 e. The summed E-state index contributed by atoms with van der Waals surface area (Å²) in [5.41, 5.74) is -0.329. The number of rotatable bonds is 6. The number of amides is 1. The summed E-state index contributed by atoms with van der Waals surface area (Å²) in [4.78, 5) is 23.7. The molecule has 0 aliphatic rings. The van der Waals surface area contributed by atoms with Crippen molar-refractivity contribution in [1.82, 2.24) is 5.32 Å². The molecule has 1 unspecified atom stereocenters. The number of ether oxygens (including phenoxy) is 1. The van der Waals surface area contributed by atoms with E-state index in [1.807, 2.05) is 0 Å². The highest BCUT2D eigenvalue weighted by molar-refractivity contribution is 6.30. The van der Waals surface area contributed by atoms with Gasteiger partial charge in [0.05, 0.1) is 12.5 Å². The summed E-state index contributed by atoms with van der Waals surface area (Å²) in [6, 6.07) is 6.65. The first kappa shape index (κ1) is 17.1. The van der Waals surface area contributed by atoms with Crippen molar-refractivity contribution in [3.63, 3.8) is 0 Å². The number of hydrogen-bond acceptors (Lipinski definition) is 3. The average molecular weight is 308 g/mol. The van der Waals surface area contributed by atoms with Gasteiger partial charge in [-0.1, -0.05) is 17.7 Å². The molecule has 4 nitrogen and oxygen atoms in total. The third-order valence-corrected chi connectivity index (χ3v) is 3.45. The van der Waals surface area contributed by atoms with Crippen molar-refractivity contribution in [3.8, 4) is 12.3 Å². The zero-order valence-electron chi connectivity index (χ0n) is 12.1. The molecular formula is C16H18ClNO3. The van der Waals surface area contributed by atoms with Crippen molar-refractivity contribution in [2.75, 3.05) is 13.7 Å². The lowest BCUT2D eigenvalue weighted by molar-refractivity contribution is -0.151. The Balaban J connectivity index is 2.61. The molecule has 0 fully saturated rings. The van der Waals surface area contributed by atoms with Crippen LogP contribution in [-0.2, 0) is 9.53 Å². The Bertz CT molecular complexity index is 565. The van der Waals surface area contributed by atoms with Crippen molar-refractivity contribution in [1.29, 1.82) is 0 Å². The predicted octanol–water partition coefficient (Wildman–Crippen LogP) is 2.66. The first-order chi connectivity index (χ1) is 9.92. The van der Waals surface area contributed by atoms with Crippen LogP contribution >= 0.6 is 11.6 Å². The van der Waals surface area contributed by atoms with E-state index in [0.29, 0.717) is 23.6 Å². The lowest BCUT2D eigenvalue weighted by atomic mass is 9.83. The fourth-order valence-corrected chi connectivity index (χ4v) is 2.11. The van der Waals surface area contributed by atoms with E-state index in [-0.39, 0.29) is 18.3 Å². The van der Waals surface area contributed by atoms with Crippen LogP contribution in [0.25, 0.3) is 0 Å². The van der Waals surface area contributed by atoms with E-state index in [0.717, 1.165) is 0 Å². The molecule has 0 aliphatic carbocycles. The number of carbonyl (C=O) groups is 2. The van der Waals surface area contributed by atoms with E-state index in [4.69, 9.17) is 22.8 Å². The maximum atomic E-state index is 12.0. The first-order valence-corrected chi connectivity index (χ1v) is 6.86. The Morgan fingerprint density at radius 2 is 2.19 bits per heavy atom. The number of terminal acetylenes is 1. The third kappa shape index (κ3) is 4.80. The summed E-state index contributed by atoms with van der Waals surface area (Å²) in [7, 11) is 1.32. The van der Waals surface area contributed by atoms with Gasteiger partial charge in [0, 0.05) is 23.6 Å². The molecule has 0 aromatic heterocycles. The summed E-state index contributed by atoms with van der Waals surface area (Å²) in [5, 5.41) is 3.24. The SMILES string of the molecule is C#CCC(C)(CCNC(=O)c1cccc(Cl)c1)C(=O)OC. The predicted molar refractivity (Wildman–Crippen MR) is 82.0 cm³/mol. The minimum Gasteiger partial charge on any atom is -0.469 e. The van der Waals surface area contributed by atoms with Crippen LogP contribution in [0, 0.1) is 17.8 Å². The summed E-state index contributed by atoms with van der Waals surface area (Å²) in [6.45, 7) is 2.04. The minimum absolute atomic E-state index is 0.245. The molecular weight excluding hydrogens is 290 g/mol. The highest BCUT2D eigenvalue weighted by Gasteiger charge is 2.33. The average Bonchev–Trinajstić information content (AvgIpc) is 2.46. The second kappa shape index (κ2) is 7.70. The molecule has 1 N–H and O–H groups in total. The maximum absolute atomic E-state index is 12.0. The maximum Gasteiger partial charge on any atom is 0.312 e. The van der Waals surface area contributed by atoms with Gasteiger partial charge in [0.15, 0.2) is 0 Å². The number of carbonyl (C=O) groups excluding carboxylic acids is 2. The van der Waals surface area contributed by atoms with Crippen LogP contribution < -0.4 is 5.32 Å². The number of halogens is 1. The molecule has 0 saturated heterocycles. The Labute approximate surface area is 129 Å². The molecule has 0 radical (unpaired) electrons. The van der Waals surface area contributed by atoms with Gasteiger partial charge in [-0.3, -0.25) is 9.59 Å². The summed E-state index contributed by atoms with van der Waals surface area (Å²) in [5.74, 6) is 1.85. The van der Waals surface area contributed by atoms with E-state index in [1.54, 1.807) is 31.2 Å². The van der Waals surface area contributed by atoms with Crippen LogP contribution in [0.1, 0.15) is 30.1 Å². The molecule has 21 heavy (non-hydrogen) atoms. The van der Waals surface area contributed by atoms with Crippen LogP contribution in [-0.4, -0.2) is 25.5 Å². The quantitative estimate of drug-likeness (QED) is 0.649. The fraction of sp³-hybridized carbons (Fsp3) is 0.375. The standard InChI is InChI=1S/C16H18ClNO3/c1-4-8-16(2,15(20)21-3)9-10-18-14(19)12-6-5-7-13(17)11-12/h1,5-7,11H,8-10H2,2-3H3,(H,18,19). The molecule has 0 spiro atoms. The molecule has 1 aromatic rings. The van der Waals surface area contributed by atoms with Gasteiger partial charge in [-0.05, 0) is 31.5 Å². The number of nitrogens with one attached hydrogen (secondary N) is 1. The number of methoxy groups -OCH3 is 1. The second-order valence-electron chi connectivity index (χ2n) is 4.95. The highest BCUT2D eigenvalue weighted by atomic mass is 35.5. The summed E-state index contributed by atoms with van der Waals surface area (Å²) < 4.78 is 4.76. The van der Waals surface area contributed by atoms with Gasteiger partial charge < -0.3 is 10.1 Å². The molecule has 1 rings (SSSR count). The molecule has 0 heterocycles. The van der Waals surface area contributed by atoms with Crippen LogP contribution in [0.4, 0.5) is 0 Å². The molecule has 1 atom stereocenters. The monoisotopic (exact) mass is 307 g/mol. The van der Waals surface area contributed by atoms with Gasteiger partial charge in [0.25, 0.3) is 5.91 Å². The largest absolute Gasteiger partial charge is 0.469 e. The van der Waals surface area contributed by atoms with Crippen molar-refractivity contribution < 1.29 is 14.3 Å². The molecule has 1 amide bonds. The molecule has 0 saturated carbocycles. The normalized spacial score (nSPS) is 12.9. The van der Waals surface area contributed by atoms with Gasteiger partial charge in [-0.25, -0.2) is 0 Å². The van der Waals surface area contributed by atoms with Crippen molar-refractivity contribution in [2.24, 2.45) is 5.41 Å². The van der Waals surface area contributed by atoms with Crippen LogP contribution in [0.2, 0.25) is 5.02 Å². The number of benzene rings is 1. The molecule has 1 aromatic carbocycles. The Kier molecular flexibility index (Phi) is 6.26. The van der Waals surface area contributed by atoms with E-state index >= 15 is 0 Å². The molecule has 0 aliphatic heterocycles. The Morgan fingerprint density at radius 1 is 1.48 bits per heavy atom. The topological polar surface area (TPSA) is 55.4 Å². The van der Waals surface area contributed by atoms with Gasteiger partial charge in [0.2, 0.25) is 0 Å². The Morgan fingerprint density at radius 3 is 2.76 bits per heavy atom. The number of hydrogen-bond donors (Lipinski definition) is 1. The Hall–Kier alpha value is -1.99. The highest BCUT2D eigenvalue weighted by Crippen LogP contribution is 2.26. The van der Waals surface area contributed by atoms with Crippen molar-refractivity contribution in [3.05, 3.63) is 34.9 Å². The summed E-state index contributed by atoms with van der Waals surface area (Å²) in [6.07, 6.45) is 5.94. The van der Waals surface area contributed by atoms with E-state index in [2.05, 4.69) is 11.2 Å². The van der Waals surface area contributed by atoms with Crippen molar-refractivity contribution in [2.45, 2.75) is 19.8 Å². The molecule has 5 heteroatoms. The van der Waals surface area contributed by atoms with Gasteiger partial charge in [0.1, 0.15) is 0 Å². The third-order valence-electron chi connectivity index (χ3n) is 3.22. The minimum atomic E-state index is -0.800. The van der Waals surface area contributed by atoms with Crippen LogP contribution in [0.3, 0.4) is 0 Å². The molecule has 0 bridgehead atoms. The van der Waals surface area contributed by atoms with Gasteiger partial charge in [-0.15, -0.1) is 12.3 Å². The van der Waals surface area contributed by atoms with Crippen LogP contribution in [0.15, 0.2) is 24.3 Å². The van der Waals surface area contributed by atoms with E-state index in [9.17, 15) is 9.59 Å². The first-order valence-electron chi connectivity index (χ1n) is 6.48. The number of esters is 1.